The number of hydrogen-bond donors (Lipinski definition) is 3. The molecule has 2 aromatic heterocycles. The highest BCUT2D eigenvalue weighted by Gasteiger charge is 2.26. The number of pyridine rings is 1. The number of carbonyl (C=O) groups excluding carboxylic acids is 1. The van der Waals surface area contributed by atoms with E-state index in [4.69, 9.17) is 16.3 Å². The quantitative estimate of drug-likeness (QED) is 0.290. The molecule has 0 aliphatic carbocycles. The summed E-state index contributed by atoms with van der Waals surface area (Å²) in [7, 11) is 3.88. The Balaban J connectivity index is 1.45. The van der Waals surface area contributed by atoms with Gasteiger partial charge in [0.05, 0.1) is 10.7 Å². The van der Waals surface area contributed by atoms with Gasteiger partial charge in [-0.15, -0.1) is 0 Å². The van der Waals surface area contributed by atoms with Crippen LogP contribution in [0.3, 0.4) is 0 Å². The van der Waals surface area contributed by atoms with E-state index in [9.17, 15) is 4.79 Å². The minimum Gasteiger partial charge on any atom is -0.448 e. The highest BCUT2D eigenvalue weighted by Crippen LogP contribution is 2.35. The maximum absolute atomic E-state index is 15.4. The van der Waals surface area contributed by atoms with E-state index in [0.717, 1.165) is 35.2 Å². The summed E-state index contributed by atoms with van der Waals surface area (Å²) in [6, 6.07) is 7.11. The Morgan fingerprint density at radius 3 is 2.56 bits per heavy atom. The number of rotatable bonds is 9. The van der Waals surface area contributed by atoms with E-state index in [2.05, 4.69) is 25.8 Å². The molecule has 1 aliphatic rings. The Kier molecular flexibility index (Phi) is 9.29. The number of likely N-dealkylation sites (tertiary alicyclic amines) is 1. The third-order valence-corrected chi connectivity index (χ3v) is 7.24. The maximum Gasteiger partial charge on any atom is 0.409 e. The first-order chi connectivity index (χ1) is 18.6. The van der Waals surface area contributed by atoms with Crippen molar-refractivity contribution in [2.75, 3.05) is 51.0 Å². The number of likely N-dealkylation sites (N-methyl/N-ethyl adjacent to an activating group) is 1. The molecule has 11 heteroatoms. The lowest BCUT2D eigenvalue weighted by atomic mass is 9.86. The van der Waals surface area contributed by atoms with Gasteiger partial charge in [-0.05, 0) is 88.0 Å². The SMILES string of the molecule is CCc1cc(Cl)c(Nc2cc(C)[nH]n2)nc1Nc1cc(C)c(C2CCN(C(=O)OCCN(C)C)CC2)cc1F. The van der Waals surface area contributed by atoms with Crippen LogP contribution in [0.4, 0.5) is 32.3 Å². The molecular weight excluding hydrogens is 521 g/mol. The molecule has 1 fully saturated rings. The lowest BCUT2D eigenvalue weighted by Gasteiger charge is -2.32. The number of H-pyrrole nitrogens is 1. The van der Waals surface area contributed by atoms with Crippen LogP contribution in [0.1, 0.15) is 48.1 Å². The number of amides is 1. The van der Waals surface area contributed by atoms with E-state index in [1.54, 1.807) is 11.0 Å². The highest BCUT2D eigenvalue weighted by molar-refractivity contribution is 6.33. The molecular formula is C28H37ClFN7O2. The molecule has 3 aromatic rings. The molecule has 210 valence electrons. The topological polar surface area (TPSA) is 98.4 Å². The fourth-order valence-electron chi connectivity index (χ4n) is 4.74. The van der Waals surface area contributed by atoms with Gasteiger partial charge in [0.25, 0.3) is 0 Å². The molecule has 0 bridgehead atoms. The first-order valence-corrected chi connectivity index (χ1v) is 13.6. The summed E-state index contributed by atoms with van der Waals surface area (Å²) in [5.41, 5.74) is 4.08. The molecule has 1 amide bonds. The molecule has 0 saturated carbocycles. The van der Waals surface area contributed by atoms with E-state index >= 15 is 4.39 Å². The van der Waals surface area contributed by atoms with Crippen LogP contribution in [-0.2, 0) is 11.2 Å². The van der Waals surface area contributed by atoms with Gasteiger partial charge in [0.2, 0.25) is 0 Å². The number of nitrogens with zero attached hydrogens (tertiary/aromatic N) is 4. The summed E-state index contributed by atoms with van der Waals surface area (Å²) in [5.74, 6) is 1.38. The lowest BCUT2D eigenvalue weighted by molar-refractivity contribution is 0.0872. The van der Waals surface area contributed by atoms with Crippen LogP contribution in [0.2, 0.25) is 5.02 Å². The Morgan fingerprint density at radius 2 is 1.92 bits per heavy atom. The number of nitrogens with one attached hydrogen (secondary N) is 3. The maximum atomic E-state index is 15.4. The summed E-state index contributed by atoms with van der Waals surface area (Å²) >= 11 is 6.47. The van der Waals surface area contributed by atoms with Crippen molar-refractivity contribution in [3.05, 3.63) is 57.5 Å². The van der Waals surface area contributed by atoms with Crippen LogP contribution >= 0.6 is 11.6 Å². The molecule has 3 N–H and O–H groups in total. The number of aromatic amines is 1. The zero-order valence-corrected chi connectivity index (χ0v) is 24.0. The largest absolute Gasteiger partial charge is 0.448 e. The molecule has 3 heterocycles. The molecule has 0 spiro atoms. The first kappa shape index (κ1) is 28.6. The highest BCUT2D eigenvalue weighted by atomic mass is 35.5. The second kappa shape index (κ2) is 12.7. The smallest absolute Gasteiger partial charge is 0.409 e. The van der Waals surface area contributed by atoms with Crippen molar-refractivity contribution in [1.82, 2.24) is 25.0 Å². The van der Waals surface area contributed by atoms with Gasteiger partial charge in [-0.2, -0.15) is 5.10 Å². The summed E-state index contributed by atoms with van der Waals surface area (Å²) in [4.78, 5) is 20.7. The Morgan fingerprint density at radius 1 is 1.18 bits per heavy atom. The number of aromatic nitrogens is 3. The fourth-order valence-corrected chi connectivity index (χ4v) is 4.96. The van der Waals surface area contributed by atoms with Gasteiger partial charge < -0.3 is 25.2 Å². The lowest BCUT2D eigenvalue weighted by Crippen LogP contribution is -2.39. The van der Waals surface area contributed by atoms with E-state index in [1.165, 1.54) is 0 Å². The standard InChI is InChI=1S/C28H37ClFN7O2/c1-6-19-15-22(29)27(32-25-14-18(3)34-35-25)33-26(19)31-24-13-17(2)21(16-23(24)30)20-7-9-37(10-8-20)28(38)39-12-11-36(4)5/h13-16,20H,6-12H2,1-5H3,(H3,31,32,33,34,35). The van der Waals surface area contributed by atoms with Crippen molar-refractivity contribution in [3.8, 4) is 0 Å². The van der Waals surface area contributed by atoms with Crippen molar-refractivity contribution in [2.24, 2.45) is 0 Å². The van der Waals surface area contributed by atoms with Gasteiger partial charge in [0, 0.05) is 31.4 Å². The molecule has 1 aliphatic heterocycles. The minimum absolute atomic E-state index is 0.173. The van der Waals surface area contributed by atoms with Crippen LogP contribution in [0.25, 0.3) is 0 Å². The molecule has 1 aromatic carbocycles. The number of benzene rings is 1. The van der Waals surface area contributed by atoms with Gasteiger partial charge in [-0.3, -0.25) is 5.10 Å². The molecule has 4 rings (SSSR count). The predicted molar refractivity (Wildman–Crippen MR) is 153 cm³/mol. The van der Waals surface area contributed by atoms with E-state index in [0.29, 0.717) is 60.8 Å². The fraction of sp³-hybridized carbons (Fsp3) is 0.464. The second-order valence-electron chi connectivity index (χ2n) is 10.2. The number of hydrogen-bond acceptors (Lipinski definition) is 7. The Labute approximate surface area is 234 Å². The van der Waals surface area contributed by atoms with Crippen molar-refractivity contribution >= 4 is 40.8 Å². The number of piperidine rings is 1. The van der Waals surface area contributed by atoms with Crippen LogP contribution in [-0.4, -0.2) is 71.4 Å². The number of carbonyl (C=O) groups is 1. The Bertz CT molecular complexity index is 1310. The van der Waals surface area contributed by atoms with Crippen LogP contribution in [0, 0.1) is 19.7 Å². The minimum atomic E-state index is -0.350. The van der Waals surface area contributed by atoms with E-state index in [-0.39, 0.29) is 17.8 Å². The van der Waals surface area contributed by atoms with Crippen molar-refractivity contribution in [1.29, 1.82) is 0 Å². The molecule has 9 nitrogen and oxygen atoms in total. The normalized spacial score (nSPS) is 14.1. The van der Waals surface area contributed by atoms with Gasteiger partial charge in [-0.1, -0.05) is 18.5 Å². The van der Waals surface area contributed by atoms with Crippen LogP contribution in [0.5, 0.6) is 0 Å². The third-order valence-electron chi connectivity index (χ3n) is 6.95. The summed E-state index contributed by atoms with van der Waals surface area (Å²) in [6.45, 7) is 8.13. The van der Waals surface area contributed by atoms with Crippen molar-refractivity contribution in [3.63, 3.8) is 0 Å². The van der Waals surface area contributed by atoms with Gasteiger partial charge in [0.15, 0.2) is 11.6 Å². The average Bonchev–Trinajstić information content (AvgIpc) is 3.31. The molecule has 0 unspecified atom stereocenters. The zero-order valence-electron chi connectivity index (χ0n) is 23.2. The molecule has 0 atom stereocenters. The van der Waals surface area contributed by atoms with E-state index in [1.807, 2.05) is 58.0 Å². The number of aryl methyl sites for hydroxylation is 3. The van der Waals surface area contributed by atoms with Crippen LogP contribution in [0.15, 0.2) is 24.3 Å². The zero-order chi connectivity index (χ0) is 28.1. The van der Waals surface area contributed by atoms with Crippen LogP contribution < -0.4 is 10.6 Å². The summed E-state index contributed by atoms with van der Waals surface area (Å²) in [5, 5.41) is 13.8. The van der Waals surface area contributed by atoms with E-state index < -0.39 is 0 Å². The Hall–Kier alpha value is -3.37. The predicted octanol–water partition coefficient (Wildman–Crippen LogP) is 6.14. The number of halogens is 2. The molecule has 0 radical (unpaired) electrons. The summed E-state index contributed by atoms with van der Waals surface area (Å²) in [6.07, 6.45) is 1.91. The van der Waals surface area contributed by atoms with Gasteiger partial charge >= 0.3 is 6.09 Å². The second-order valence-corrected chi connectivity index (χ2v) is 10.6. The monoisotopic (exact) mass is 557 g/mol. The first-order valence-electron chi connectivity index (χ1n) is 13.3. The number of ether oxygens (including phenoxy) is 1. The summed E-state index contributed by atoms with van der Waals surface area (Å²) < 4.78 is 20.8. The van der Waals surface area contributed by atoms with Gasteiger partial charge in [-0.25, -0.2) is 14.2 Å². The molecule has 1 saturated heterocycles. The van der Waals surface area contributed by atoms with Gasteiger partial charge in [0.1, 0.15) is 18.2 Å². The number of anilines is 4. The molecule has 39 heavy (non-hydrogen) atoms. The van der Waals surface area contributed by atoms with Crippen molar-refractivity contribution < 1.29 is 13.9 Å². The third kappa shape index (κ3) is 7.19. The van der Waals surface area contributed by atoms with Crippen molar-refractivity contribution in [2.45, 2.75) is 46.0 Å². The average molecular weight is 558 g/mol.